The normalized spacial score (nSPS) is 13.7. The van der Waals surface area contributed by atoms with Gasteiger partial charge in [-0.25, -0.2) is 4.39 Å². The Kier molecular flexibility index (Phi) is 13.8. The lowest BCUT2D eigenvalue weighted by atomic mass is 9.86. The average Bonchev–Trinajstić information content (AvgIpc) is 2.52. The molecule has 1 aromatic carbocycles. The number of Topliss-reactive ketones (excluding diaryl/α,β-unsaturated/α-hetero) is 1. The number of benzene rings is 1. The molecule has 0 aliphatic rings. The van der Waals surface area contributed by atoms with Gasteiger partial charge in [0.15, 0.2) is 5.78 Å². The molecule has 2 N–H and O–H groups in total. The van der Waals surface area contributed by atoms with Crippen LogP contribution in [-0.4, -0.2) is 11.8 Å². The predicted octanol–water partition coefficient (Wildman–Crippen LogP) is 5.44. The maximum Gasteiger partial charge on any atom is 0.152 e. The van der Waals surface area contributed by atoms with Crippen LogP contribution in [0.25, 0.3) is 0 Å². The molecule has 3 heteroatoms. The average molecular weight is 326 g/mol. The Bertz CT molecular complexity index is 443. The molecule has 0 saturated carbocycles. The van der Waals surface area contributed by atoms with E-state index in [-0.39, 0.29) is 23.6 Å². The third-order valence-electron chi connectivity index (χ3n) is 3.81. The molecule has 0 fully saturated rings. The molecule has 1 aromatic rings. The van der Waals surface area contributed by atoms with Crippen molar-refractivity contribution in [2.24, 2.45) is 17.6 Å². The first kappa shape index (κ1) is 24.0. The molecule has 0 aromatic heterocycles. The number of rotatable bonds is 5. The van der Waals surface area contributed by atoms with E-state index in [2.05, 4.69) is 13.8 Å². The Labute approximate surface area is 142 Å². The molecule has 0 saturated heterocycles. The van der Waals surface area contributed by atoms with Gasteiger partial charge in [0, 0.05) is 5.92 Å². The van der Waals surface area contributed by atoms with Crippen LogP contribution in [0.2, 0.25) is 0 Å². The number of hydrogen-bond donors (Lipinski definition) is 1. The fourth-order valence-corrected chi connectivity index (χ4v) is 2.20. The molecule has 23 heavy (non-hydrogen) atoms. The number of carbonyl (C=O) groups is 1. The van der Waals surface area contributed by atoms with Crippen LogP contribution in [0, 0.1) is 31.5 Å². The van der Waals surface area contributed by atoms with E-state index in [1.54, 1.807) is 19.9 Å². The van der Waals surface area contributed by atoms with Gasteiger partial charge in [-0.2, -0.15) is 0 Å². The summed E-state index contributed by atoms with van der Waals surface area (Å²) in [4.78, 5) is 11.4. The lowest BCUT2D eigenvalue weighted by Gasteiger charge is -2.19. The molecule has 0 aliphatic heterocycles. The molecule has 1 rings (SSSR count). The quantitative estimate of drug-likeness (QED) is 0.783. The molecule has 0 radical (unpaired) electrons. The number of aryl methyl sites for hydroxylation is 2. The second-order valence-electron chi connectivity index (χ2n) is 6.00. The number of hydrogen-bond acceptors (Lipinski definition) is 2. The minimum absolute atomic E-state index is 0.116. The lowest BCUT2D eigenvalue weighted by Crippen LogP contribution is -2.34. The zero-order chi connectivity index (χ0) is 18.6. The summed E-state index contributed by atoms with van der Waals surface area (Å²) in [6.45, 7) is 15.7. The first-order valence-corrected chi connectivity index (χ1v) is 8.72. The third kappa shape index (κ3) is 10.2. The molecule has 0 amide bonds. The van der Waals surface area contributed by atoms with E-state index in [4.69, 9.17) is 5.73 Å². The van der Waals surface area contributed by atoms with E-state index in [1.807, 2.05) is 33.8 Å². The smallest absolute Gasteiger partial charge is 0.152 e. The van der Waals surface area contributed by atoms with Gasteiger partial charge >= 0.3 is 0 Å². The molecule has 3 unspecified atom stereocenters. The van der Waals surface area contributed by atoms with Crippen molar-refractivity contribution in [3.63, 3.8) is 0 Å². The van der Waals surface area contributed by atoms with Crippen LogP contribution in [0.1, 0.15) is 65.5 Å². The first-order chi connectivity index (χ1) is 10.7. The van der Waals surface area contributed by atoms with Gasteiger partial charge in [-0.1, -0.05) is 65.2 Å². The Balaban J connectivity index is 0. The summed E-state index contributed by atoms with van der Waals surface area (Å²) >= 11 is 0. The highest BCUT2D eigenvalue weighted by molar-refractivity contribution is 5.85. The van der Waals surface area contributed by atoms with Gasteiger partial charge < -0.3 is 5.73 Å². The van der Waals surface area contributed by atoms with Crippen LogP contribution in [-0.2, 0) is 4.79 Å². The van der Waals surface area contributed by atoms with Crippen LogP contribution in [0.4, 0.5) is 4.39 Å². The van der Waals surface area contributed by atoms with E-state index in [1.165, 1.54) is 6.07 Å². The fraction of sp³-hybridized carbons (Fsp3) is 0.650. The summed E-state index contributed by atoms with van der Waals surface area (Å²) in [6, 6.07) is 4.78. The van der Waals surface area contributed by atoms with Crippen molar-refractivity contribution < 1.29 is 9.18 Å². The van der Waals surface area contributed by atoms with Crippen molar-refractivity contribution in [2.75, 3.05) is 0 Å². The van der Waals surface area contributed by atoms with Crippen molar-refractivity contribution >= 4 is 5.78 Å². The molecule has 0 bridgehead atoms. The molecule has 0 aliphatic carbocycles. The van der Waals surface area contributed by atoms with E-state index >= 15 is 0 Å². The van der Waals surface area contributed by atoms with Gasteiger partial charge in [-0.05, 0) is 38.3 Å². The van der Waals surface area contributed by atoms with Crippen LogP contribution in [0.3, 0.4) is 0 Å². The van der Waals surface area contributed by atoms with Crippen LogP contribution in [0.15, 0.2) is 18.2 Å². The highest BCUT2D eigenvalue weighted by Crippen LogP contribution is 2.18. The van der Waals surface area contributed by atoms with Crippen molar-refractivity contribution in [3.8, 4) is 0 Å². The Hall–Kier alpha value is -1.22. The maximum atomic E-state index is 12.5. The number of halogens is 1. The third-order valence-corrected chi connectivity index (χ3v) is 3.81. The van der Waals surface area contributed by atoms with Gasteiger partial charge in [0.1, 0.15) is 5.82 Å². The van der Waals surface area contributed by atoms with Gasteiger partial charge in [-0.3, -0.25) is 4.79 Å². The largest absolute Gasteiger partial charge is 0.322 e. The molecular formula is C20H36FNO. The highest BCUT2D eigenvalue weighted by Gasteiger charge is 2.21. The summed E-state index contributed by atoms with van der Waals surface area (Å²) in [5.74, 6) is 0.648. The first-order valence-electron chi connectivity index (χ1n) is 8.72. The van der Waals surface area contributed by atoms with E-state index < -0.39 is 0 Å². The molecule has 0 spiro atoms. The van der Waals surface area contributed by atoms with Crippen LogP contribution < -0.4 is 5.73 Å². The van der Waals surface area contributed by atoms with Crippen molar-refractivity contribution in [1.29, 1.82) is 0 Å². The second kappa shape index (κ2) is 13.2. The van der Waals surface area contributed by atoms with Crippen LogP contribution >= 0.6 is 0 Å². The van der Waals surface area contributed by atoms with Gasteiger partial charge in [0.25, 0.3) is 0 Å². The minimum Gasteiger partial charge on any atom is -0.322 e. The maximum absolute atomic E-state index is 12.5. The summed E-state index contributed by atoms with van der Waals surface area (Å²) in [6.07, 6.45) is 2.25. The highest BCUT2D eigenvalue weighted by atomic mass is 19.1. The fourth-order valence-electron chi connectivity index (χ4n) is 2.20. The zero-order valence-electron chi connectivity index (χ0n) is 16.2. The standard InChI is InChI=1S/C10H21NO.C8H9F.C2H6/c1-5-6-7(2)8(3)10(12)9(4)11;1-6-3-4-8(9)7(2)5-6;1-2/h7-9H,5-6,11H2,1-4H3;3-5H,1-2H3;1-2H3. The molecule has 134 valence electrons. The second-order valence-corrected chi connectivity index (χ2v) is 6.00. The Morgan fingerprint density at radius 3 is 2.04 bits per heavy atom. The Morgan fingerprint density at radius 1 is 1.17 bits per heavy atom. The zero-order valence-corrected chi connectivity index (χ0v) is 16.2. The summed E-state index contributed by atoms with van der Waals surface area (Å²) in [5.41, 5.74) is 7.34. The monoisotopic (exact) mass is 325 g/mol. The molecule has 0 heterocycles. The topological polar surface area (TPSA) is 43.1 Å². The van der Waals surface area contributed by atoms with Crippen molar-refractivity contribution in [2.45, 2.75) is 74.3 Å². The molecular weight excluding hydrogens is 289 g/mol. The summed E-state index contributed by atoms with van der Waals surface area (Å²) in [5, 5.41) is 0. The number of ketones is 1. The SMILES string of the molecule is CC.CCCC(C)C(C)C(=O)C(C)N.Cc1ccc(F)c(C)c1. The Morgan fingerprint density at radius 2 is 1.70 bits per heavy atom. The number of carbonyl (C=O) groups excluding carboxylic acids is 1. The summed E-state index contributed by atoms with van der Waals surface area (Å²) < 4.78 is 12.5. The van der Waals surface area contributed by atoms with Gasteiger partial charge in [-0.15, -0.1) is 0 Å². The minimum atomic E-state index is -0.306. The predicted molar refractivity (Wildman–Crippen MR) is 99.1 cm³/mol. The van der Waals surface area contributed by atoms with Gasteiger partial charge in [0.2, 0.25) is 0 Å². The van der Waals surface area contributed by atoms with Crippen molar-refractivity contribution in [1.82, 2.24) is 0 Å². The van der Waals surface area contributed by atoms with E-state index in [0.29, 0.717) is 5.92 Å². The van der Waals surface area contributed by atoms with Crippen molar-refractivity contribution in [3.05, 3.63) is 35.1 Å². The molecule has 2 nitrogen and oxygen atoms in total. The van der Waals surface area contributed by atoms with Gasteiger partial charge in [0.05, 0.1) is 6.04 Å². The number of nitrogens with two attached hydrogens (primary N) is 1. The van der Waals surface area contributed by atoms with Crippen LogP contribution in [0.5, 0.6) is 0 Å². The van der Waals surface area contributed by atoms with E-state index in [9.17, 15) is 9.18 Å². The summed E-state index contributed by atoms with van der Waals surface area (Å²) in [7, 11) is 0. The van der Waals surface area contributed by atoms with E-state index in [0.717, 1.165) is 24.0 Å². The lowest BCUT2D eigenvalue weighted by molar-refractivity contribution is -0.124. The molecule has 3 atom stereocenters.